The molecule has 1 N–H and O–H groups in total. The van der Waals surface area contributed by atoms with Gasteiger partial charge in [0.25, 0.3) is 5.91 Å². The van der Waals surface area contributed by atoms with Crippen molar-refractivity contribution in [3.8, 4) is 5.75 Å². The number of carboxylic acids is 1. The Labute approximate surface area is 132 Å². The normalized spacial score (nSPS) is 22.9. The summed E-state index contributed by atoms with van der Waals surface area (Å²) in [4.78, 5) is 25.3. The fourth-order valence-electron chi connectivity index (χ4n) is 2.53. The molecular formula is C15H18BrNO4. The minimum Gasteiger partial charge on any atom is -0.481 e. The minimum absolute atomic E-state index is 0.291. The average Bonchev–Trinajstić information content (AvgIpc) is 2.84. The van der Waals surface area contributed by atoms with Crippen LogP contribution in [0.2, 0.25) is 0 Å². The van der Waals surface area contributed by atoms with E-state index in [4.69, 9.17) is 4.74 Å². The largest absolute Gasteiger partial charge is 0.481 e. The molecule has 2 atom stereocenters. The number of amides is 1. The molecule has 1 aromatic rings. The van der Waals surface area contributed by atoms with Crippen molar-refractivity contribution in [1.82, 2.24) is 4.90 Å². The molecule has 2 unspecified atom stereocenters. The molecular weight excluding hydrogens is 338 g/mol. The molecule has 21 heavy (non-hydrogen) atoms. The second-order valence-corrected chi connectivity index (χ2v) is 6.30. The number of likely N-dealkylation sites (tertiary alicyclic amines) is 1. The van der Waals surface area contributed by atoms with Gasteiger partial charge >= 0.3 is 5.97 Å². The lowest BCUT2D eigenvalue weighted by Gasteiger charge is -2.33. The van der Waals surface area contributed by atoms with Gasteiger partial charge in [-0.25, -0.2) is 4.79 Å². The number of ether oxygens (including phenoxy) is 1. The smallest absolute Gasteiger partial charge is 0.329 e. The number of rotatable bonds is 4. The van der Waals surface area contributed by atoms with Crippen LogP contribution in [0.5, 0.6) is 5.75 Å². The fourth-order valence-corrected chi connectivity index (χ4v) is 2.79. The molecule has 0 radical (unpaired) electrons. The van der Waals surface area contributed by atoms with Crippen LogP contribution in [-0.2, 0) is 9.59 Å². The Morgan fingerprint density at radius 1 is 1.38 bits per heavy atom. The first-order valence-corrected chi connectivity index (χ1v) is 7.61. The van der Waals surface area contributed by atoms with E-state index in [-0.39, 0.29) is 5.91 Å². The van der Waals surface area contributed by atoms with Gasteiger partial charge < -0.3 is 14.7 Å². The van der Waals surface area contributed by atoms with Gasteiger partial charge in [0.05, 0.1) is 0 Å². The highest BCUT2D eigenvalue weighted by Crippen LogP contribution is 2.30. The van der Waals surface area contributed by atoms with Crippen molar-refractivity contribution in [2.75, 3.05) is 6.54 Å². The first-order valence-electron chi connectivity index (χ1n) is 6.82. The minimum atomic E-state index is -1.13. The summed E-state index contributed by atoms with van der Waals surface area (Å²) in [6.45, 7) is 3.69. The Kier molecular flexibility index (Phi) is 4.56. The lowest BCUT2D eigenvalue weighted by Crippen LogP contribution is -2.54. The SMILES string of the molecule is CC(Oc1ccc(Br)cc1)C(=O)N1CCCC1(C)C(=O)O. The molecule has 5 nitrogen and oxygen atoms in total. The van der Waals surface area contributed by atoms with Crippen LogP contribution in [0.25, 0.3) is 0 Å². The van der Waals surface area contributed by atoms with Crippen molar-refractivity contribution in [2.24, 2.45) is 0 Å². The van der Waals surface area contributed by atoms with Crippen LogP contribution in [0.4, 0.5) is 0 Å². The van der Waals surface area contributed by atoms with Crippen LogP contribution in [0.1, 0.15) is 26.7 Å². The van der Waals surface area contributed by atoms with Crippen molar-refractivity contribution in [2.45, 2.75) is 38.3 Å². The molecule has 0 saturated carbocycles. The maximum absolute atomic E-state index is 12.5. The number of carboxylic acid groups (broad SMARTS) is 1. The van der Waals surface area contributed by atoms with Crippen LogP contribution >= 0.6 is 15.9 Å². The monoisotopic (exact) mass is 355 g/mol. The van der Waals surface area contributed by atoms with Gasteiger partial charge in [0.1, 0.15) is 11.3 Å². The summed E-state index contributed by atoms with van der Waals surface area (Å²) in [5.41, 5.74) is -1.13. The lowest BCUT2D eigenvalue weighted by molar-refractivity contribution is -0.157. The molecule has 1 aliphatic heterocycles. The standard InChI is InChI=1S/C15H18BrNO4/c1-10(21-12-6-4-11(16)5-7-12)13(18)17-9-3-8-15(17,2)14(19)20/h4-7,10H,3,8-9H2,1-2H3,(H,19,20). The first kappa shape index (κ1) is 15.8. The Morgan fingerprint density at radius 3 is 2.57 bits per heavy atom. The zero-order valence-corrected chi connectivity index (χ0v) is 13.6. The quantitative estimate of drug-likeness (QED) is 0.901. The number of hydrogen-bond acceptors (Lipinski definition) is 3. The predicted molar refractivity (Wildman–Crippen MR) is 81.2 cm³/mol. The van der Waals surface area contributed by atoms with Crippen molar-refractivity contribution in [1.29, 1.82) is 0 Å². The number of nitrogens with zero attached hydrogens (tertiary/aromatic N) is 1. The maximum Gasteiger partial charge on any atom is 0.329 e. The van der Waals surface area contributed by atoms with Gasteiger partial charge in [-0.3, -0.25) is 4.79 Å². The molecule has 2 rings (SSSR count). The zero-order valence-electron chi connectivity index (χ0n) is 12.0. The fraction of sp³-hybridized carbons (Fsp3) is 0.467. The zero-order chi connectivity index (χ0) is 15.6. The van der Waals surface area contributed by atoms with E-state index in [1.165, 1.54) is 4.90 Å². The number of carbonyl (C=O) groups is 2. The van der Waals surface area contributed by atoms with Gasteiger partial charge in [-0.15, -0.1) is 0 Å². The number of halogens is 1. The van der Waals surface area contributed by atoms with E-state index in [1.54, 1.807) is 26.0 Å². The van der Waals surface area contributed by atoms with Crippen LogP contribution in [0.15, 0.2) is 28.7 Å². The molecule has 1 aliphatic rings. The molecule has 1 saturated heterocycles. The third-order valence-corrected chi connectivity index (χ3v) is 4.37. The molecule has 1 fully saturated rings. The van der Waals surface area contributed by atoms with Crippen LogP contribution < -0.4 is 4.74 Å². The molecule has 0 aliphatic carbocycles. The summed E-state index contributed by atoms with van der Waals surface area (Å²) in [5.74, 6) is -0.681. The van der Waals surface area contributed by atoms with Crippen molar-refractivity contribution in [3.05, 3.63) is 28.7 Å². The third-order valence-electron chi connectivity index (χ3n) is 3.84. The third kappa shape index (κ3) is 3.20. The summed E-state index contributed by atoms with van der Waals surface area (Å²) in [7, 11) is 0. The van der Waals surface area contributed by atoms with Gasteiger partial charge in [-0.1, -0.05) is 15.9 Å². The van der Waals surface area contributed by atoms with E-state index in [9.17, 15) is 14.7 Å². The van der Waals surface area contributed by atoms with E-state index in [0.29, 0.717) is 25.1 Å². The van der Waals surface area contributed by atoms with Crippen molar-refractivity contribution >= 4 is 27.8 Å². The highest BCUT2D eigenvalue weighted by atomic mass is 79.9. The number of aliphatic carboxylic acids is 1. The maximum atomic E-state index is 12.5. The van der Waals surface area contributed by atoms with Crippen LogP contribution in [0, 0.1) is 0 Å². The topological polar surface area (TPSA) is 66.8 Å². The van der Waals surface area contributed by atoms with E-state index in [2.05, 4.69) is 15.9 Å². The number of carbonyl (C=O) groups excluding carboxylic acids is 1. The first-order chi connectivity index (χ1) is 9.84. The van der Waals surface area contributed by atoms with E-state index in [1.807, 2.05) is 12.1 Å². The Bertz CT molecular complexity index is 545. The Balaban J connectivity index is 2.08. The number of benzene rings is 1. The van der Waals surface area contributed by atoms with Gasteiger partial charge in [0.15, 0.2) is 6.10 Å². The molecule has 0 bridgehead atoms. The summed E-state index contributed by atoms with van der Waals surface area (Å²) < 4.78 is 6.53. The molecule has 1 amide bonds. The molecule has 6 heteroatoms. The molecule has 1 heterocycles. The van der Waals surface area contributed by atoms with Gasteiger partial charge in [0, 0.05) is 11.0 Å². The summed E-state index contributed by atoms with van der Waals surface area (Å²) in [6.07, 6.45) is 0.446. The number of hydrogen-bond donors (Lipinski definition) is 1. The summed E-state index contributed by atoms with van der Waals surface area (Å²) >= 11 is 3.33. The van der Waals surface area contributed by atoms with Crippen LogP contribution in [0.3, 0.4) is 0 Å². The molecule has 114 valence electrons. The second-order valence-electron chi connectivity index (χ2n) is 5.39. The second kappa shape index (κ2) is 6.05. The van der Waals surface area contributed by atoms with Gasteiger partial charge in [-0.05, 0) is 51.0 Å². The average molecular weight is 356 g/mol. The molecule has 0 aromatic heterocycles. The molecule has 0 spiro atoms. The van der Waals surface area contributed by atoms with E-state index >= 15 is 0 Å². The summed E-state index contributed by atoms with van der Waals surface area (Å²) in [5, 5.41) is 9.35. The van der Waals surface area contributed by atoms with Crippen LogP contribution in [-0.4, -0.2) is 40.1 Å². The van der Waals surface area contributed by atoms with Crippen molar-refractivity contribution < 1.29 is 19.4 Å². The van der Waals surface area contributed by atoms with E-state index < -0.39 is 17.6 Å². The highest BCUT2D eigenvalue weighted by molar-refractivity contribution is 9.10. The Morgan fingerprint density at radius 2 is 2.00 bits per heavy atom. The van der Waals surface area contributed by atoms with Crippen molar-refractivity contribution in [3.63, 3.8) is 0 Å². The van der Waals surface area contributed by atoms with Gasteiger partial charge in [-0.2, -0.15) is 0 Å². The Hall–Kier alpha value is -1.56. The summed E-state index contributed by atoms with van der Waals surface area (Å²) in [6, 6.07) is 7.16. The highest BCUT2D eigenvalue weighted by Gasteiger charge is 2.47. The lowest BCUT2D eigenvalue weighted by atomic mass is 9.99. The van der Waals surface area contributed by atoms with Gasteiger partial charge in [0.2, 0.25) is 0 Å². The van der Waals surface area contributed by atoms with E-state index in [0.717, 1.165) is 4.47 Å². The molecule has 1 aromatic carbocycles. The predicted octanol–water partition coefficient (Wildman–Crippen LogP) is 2.68.